The van der Waals surface area contributed by atoms with Gasteiger partial charge in [-0.25, -0.2) is 0 Å². The van der Waals surface area contributed by atoms with Crippen LogP contribution in [0.3, 0.4) is 0 Å². The molecule has 1 amide bonds. The zero-order valence-electron chi connectivity index (χ0n) is 14.3. The van der Waals surface area contributed by atoms with Gasteiger partial charge in [-0.1, -0.05) is 29.3 Å². The molecular formula is C20H19Cl2N3O. The predicted molar refractivity (Wildman–Crippen MR) is 105 cm³/mol. The van der Waals surface area contributed by atoms with E-state index in [1.54, 1.807) is 12.1 Å². The molecule has 0 bridgehead atoms. The third kappa shape index (κ3) is 4.49. The van der Waals surface area contributed by atoms with Gasteiger partial charge in [-0.05, 0) is 48.4 Å². The van der Waals surface area contributed by atoms with Crippen LogP contribution < -0.4 is 4.90 Å². The van der Waals surface area contributed by atoms with E-state index in [4.69, 9.17) is 28.5 Å². The smallest absolute Gasteiger partial charge is 0.227 e. The van der Waals surface area contributed by atoms with E-state index in [9.17, 15) is 4.79 Å². The molecular weight excluding hydrogens is 369 g/mol. The molecule has 0 unspecified atom stereocenters. The van der Waals surface area contributed by atoms with Gasteiger partial charge in [-0.2, -0.15) is 5.26 Å². The van der Waals surface area contributed by atoms with Gasteiger partial charge in [0.1, 0.15) is 0 Å². The molecule has 1 saturated heterocycles. The quantitative estimate of drug-likeness (QED) is 0.794. The molecule has 0 saturated carbocycles. The maximum Gasteiger partial charge on any atom is 0.227 e. The highest BCUT2D eigenvalue weighted by molar-refractivity contribution is 6.35. The number of hydrogen-bond acceptors (Lipinski definition) is 3. The first-order chi connectivity index (χ1) is 12.6. The van der Waals surface area contributed by atoms with Crippen molar-refractivity contribution < 1.29 is 4.79 Å². The van der Waals surface area contributed by atoms with Gasteiger partial charge in [0.2, 0.25) is 5.91 Å². The van der Waals surface area contributed by atoms with E-state index in [-0.39, 0.29) is 12.3 Å². The van der Waals surface area contributed by atoms with Crippen molar-refractivity contribution >= 4 is 34.8 Å². The van der Waals surface area contributed by atoms with E-state index < -0.39 is 0 Å². The lowest BCUT2D eigenvalue weighted by molar-refractivity contribution is -0.130. The molecule has 0 spiro atoms. The fraction of sp³-hybridized carbons (Fsp3) is 0.300. The highest BCUT2D eigenvalue weighted by Crippen LogP contribution is 2.22. The minimum Gasteiger partial charge on any atom is -0.370 e. The van der Waals surface area contributed by atoms with Crippen molar-refractivity contribution in [3.8, 4) is 6.07 Å². The summed E-state index contributed by atoms with van der Waals surface area (Å²) in [6, 6.07) is 14.9. The average Bonchev–Trinajstić information content (AvgIpc) is 2.90. The summed E-state index contributed by atoms with van der Waals surface area (Å²) in [6.45, 7) is 3.06. The lowest BCUT2D eigenvalue weighted by Gasteiger charge is -2.24. The molecule has 134 valence electrons. The standard InChI is InChI=1S/C20H19Cl2N3O/c21-17-5-4-16(19(22)13-17)12-20(26)25-9-1-8-24(10-11-25)18-6-2-15(14-23)3-7-18/h2-7,13H,1,8-12H2. The molecule has 0 radical (unpaired) electrons. The molecule has 1 aliphatic heterocycles. The molecule has 3 rings (SSSR count). The Labute approximate surface area is 163 Å². The molecule has 0 aromatic heterocycles. The summed E-state index contributed by atoms with van der Waals surface area (Å²) >= 11 is 12.1. The number of carbonyl (C=O) groups is 1. The first-order valence-corrected chi connectivity index (χ1v) is 9.29. The van der Waals surface area contributed by atoms with Crippen LogP contribution in [0.4, 0.5) is 5.69 Å². The highest BCUT2D eigenvalue weighted by atomic mass is 35.5. The zero-order valence-corrected chi connectivity index (χ0v) is 15.8. The molecule has 2 aromatic carbocycles. The van der Waals surface area contributed by atoms with Crippen molar-refractivity contribution in [1.29, 1.82) is 5.26 Å². The minimum atomic E-state index is 0.0795. The molecule has 0 N–H and O–H groups in total. The molecule has 1 fully saturated rings. The van der Waals surface area contributed by atoms with Crippen LogP contribution in [0.1, 0.15) is 17.5 Å². The normalized spacial score (nSPS) is 14.7. The van der Waals surface area contributed by atoms with Gasteiger partial charge in [0.25, 0.3) is 0 Å². The zero-order chi connectivity index (χ0) is 18.5. The summed E-state index contributed by atoms with van der Waals surface area (Å²) in [6.07, 6.45) is 1.19. The van der Waals surface area contributed by atoms with Crippen LogP contribution in [-0.2, 0) is 11.2 Å². The Morgan fingerprint density at radius 2 is 1.81 bits per heavy atom. The topological polar surface area (TPSA) is 47.3 Å². The van der Waals surface area contributed by atoms with Gasteiger partial charge in [0.05, 0.1) is 18.1 Å². The number of hydrogen-bond donors (Lipinski definition) is 0. The van der Waals surface area contributed by atoms with Crippen molar-refractivity contribution in [2.75, 3.05) is 31.1 Å². The molecule has 1 heterocycles. The number of carbonyl (C=O) groups excluding carboxylic acids is 1. The van der Waals surface area contributed by atoms with Gasteiger partial charge in [-0.3, -0.25) is 4.79 Å². The molecule has 0 atom stereocenters. The van der Waals surface area contributed by atoms with Crippen LogP contribution in [0, 0.1) is 11.3 Å². The fourth-order valence-electron chi connectivity index (χ4n) is 3.11. The lowest BCUT2D eigenvalue weighted by Crippen LogP contribution is -2.36. The van der Waals surface area contributed by atoms with E-state index in [0.29, 0.717) is 22.2 Å². The Morgan fingerprint density at radius 3 is 2.50 bits per heavy atom. The average molecular weight is 388 g/mol. The molecule has 4 nitrogen and oxygen atoms in total. The van der Waals surface area contributed by atoms with Crippen LogP contribution in [0.15, 0.2) is 42.5 Å². The second-order valence-electron chi connectivity index (χ2n) is 6.29. The summed E-state index contributed by atoms with van der Waals surface area (Å²) in [5.74, 6) is 0.0795. The first-order valence-electron chi connectivity index (χ1n) is 8.53. The molecule has 6 heteroatoms. The van der Waals surface area contributed by atoms with Crippen molar-refractivity contribution in [3.63, 3.8) is 0 Å². The van der Waals surface area contributed by atoms with Gasteiger partial charge in [0.15, 0.2) is 0 Å². The molecule has 1 aliphatic rings. The summed E-state index contributed by atoms with van der Waals surface area (Å²) in [5.41, 5.74) is 2.54. The van der Waals surface area contributed by atoms with E-state index in [1.165, 1.54) is 0 Å². The van der Waals surface area contributed by atoms with E-state index >= 15 is 0 Å². The van der Waals surface area contributed by atoms with Crippen LogP contribution in [-0.4, -0.2) is 37.0 Å². The number of rotatable bonds is 3. The summed E-state index contributed by atoms with van der Waals surface area (Å²) in [7, 11) is 0. The highest BCUT2D eigenvalue weighted by Gasteiger charge is 2.20. The van der Waals surface area contributed by atoms with Crippen LogP contribution >= 0.6 is 23.2 Å². The summed E-state index contributed by atoms with van der Waals surface area (Å²) in [4.78, 5) is 16.8. The maximum atomic E-state index is 12.7. The second kappa shape index (κ2) is 8.44. The van der Waals surface area contributed by atoms with Crippen LogP contribution in [0.2, 0.25) is 10.0 Å². The number of amides is 1. The van der Waals surface area contributed by atoms with Gasteiger partial charge in [-0.15, -0.1) is 0 Å². The number of nitrogens with zero attached hydrogens (tertiary/aromatic N) is 3. The monoisotopic (exact) mass is 387 g/mol. The third-order valence-corrected chi connectivity index (χ3v) is 5.15. The van der Waals surface area contributed by atoms with E-state index in [2.05, 4.69) is 11.0 Å². The largest absolute Gasteiger partial charge is 0.370 e. The van der Waals surface area contributed by atoms with Gasteiger partial charge < -0.3 is 9.80 Å². The Hall–Kier alpha value is -2.22. The second-order valence-corrected chi connectivity index (χ2v) is 7.14. The number of halogens is 2. The third-order valence-electron chi connectivity index (χ3n) is 4.57. The van der Waals surface area contributed by atoms with Crippen molar-refractivity contribution in [1.82, 2.24) is 4.90 Å². The summed E-state index contributed by atoms with van der Waals surface area (Å²) in [5, 5.41) is 10.0. The minimum absolute atomic E-state index is 0.0795. The maximum absolute atomic E-state index is 12.7. The molecule has 2 aromatic rings. The van der Waals surface area contributed by atoms with Gasteiger partial charge >= 0.3 is 0 Å². The van der Waals surface area contributed by atoms with Gasteiger partial charge in [0, 0.05) is 41.9 Å². The Morgan fingerprint density at radius 1 is 1.04 bits per heavy atom. The Kier molecular flexibility index (Phi) is 6.03. The van der Waals surface area contributed by atoms with Crippen LogP contribution in [0.25, 0.3) is 0 Å². The SMILES string of the molecule is N#Cc1ccc(N2CCCN(C(=O)Cc3ccc(Cl)cc3Cl)CC2)cc1. The first kappa shape index (κ1) is 18.6. The predicted octanol–water partition coefficient (Wildman–Crippen LogP) is 4.15. The number of anilines is 1. The Balaban J connectivity index is 1.62. The van der Waals surface area contributed by atoms with Crippen molar-refractivity contribution in [2.45, 2.75) is 12.8 Å². The molecule has 0 aliphatic carbocycles. The lowest BCUT2D eigenvalue weighted by atomic mass is 10.1. The number of nitriles is 1. The van der Waals surface area contributed by atoms with E-state index in [0.717, 1.165) is 37.3 Å². The van der Waals surface area contributed by atoms with Crippen molar-refractivity contribution in [3.05, 3.63) is 63.6 Å². The fourth-order valence-corrected chi connectivity index (χ4v) is 3.59. The number of benzene rings is 2. The van der Waals surface area contributed by atoms with Crippen molar-refractivity contribution in [2.24, 2.45) is 0 Å². The van der Waals surface area contributed by atoms with E-state index in [1.807, 2.05) is 35.2 Å². The molecule has 26 heavy (non-hydrogen) atoms. The van der Waals surface area contributed by atoms with Crippen LogP contribution in [0.5, 0.6) is 0 Å². The summed E-state index contributed by atoms with van der Waals surface area (Å²) < 4.78 is 0. The Bertz CT molecular complexity index is 830.